The first-order chi connectivity index (χ1) is 12.2. The minimum absolute atomic E-state index is 0.158. The molecule has 2 aliphatic rings. The number of aryl methyl sites for hydroxylation is 1. The maximum absolute atomic E-state index is 12.1. The lowest BCUT2D eigenvalue weighted by molar-refractivity contribution is 0.239. The highest BCUT2D eigenvalue weighted by molar-refractivity contribution is 5.73. The van der Waals surface area contributed by atoms with E-state index < -0.39 is 0 Å². The molecule has 2 aromatic rings. The van der Waals surface area contributed by atoms with Crippen molar-refractivity contribution in [2.24, 2.45) is 0 Å². The summed E-state index contributed by atoms with van der Waals surface area (Å²) in [6, 6.07) is 8.59. The first kappa shape index (κ1) is 15.9. The number of nitrogens with zero attached hydrogens (tertiary/aromatic N) is 4. The highest BCUT2D eigenvalue weighted by Gasteiger charge is 2.23. The van der Waals surface area contributed by atoms with E-state index in [1.165, 1.54) is 11.3 Å². The normalized spacial score (nSPS) is 16.4. The molecule has 0 saturated heterocycles. The SMILES string of the molecule is C[C@H](CNC(=O)NCc1nnc2n1CCC2)N1CCc2ccccc21. The number of para-hydroxylation sites is 1. The smallest absolute Gasteiger partial charge is 0.315 e. The number of nitrogens with one attached hydrogen (secondary N) is 2. The van der Waals surface area contributed by atoms with Crippen molar-refractivity contribution in [1.82, 2.24) is 25.4 Å². The van der Waals surface area contributed by atoms with Crippen molar-refractivity contribution in [3.8, 4) is 0 Å². The summed E-state index contributed by atoms with van der Waals surface area (Å²) in [4.78, 5) is 14.5. The molecule has 7 nitrogen and oxygen atoms in total. The van der Waals surface area contributed by atoms with Crippen molar-refractivity contribution in [3.63, 3.8) is 0 Å². The molecule has 2 N–H and O–H groups in total. The number of hydrogen-bond acceptors (Lipinski definition) is 4. The van der Waals surface area contributed by atoms with Crippen LogP contribution in [0.25, 0.3) is 0 Å². The fourth-order valence-electron chi connectivity index (χ4n) is 3.74. The zero-order valence-electron chi connectivity index (χ0n) is 14.5. The molecule has 132 valence electrons. The molecule has 0 aliphatic carbocycles. The molecule has 0 bridgehead atoms. The van der Waals surface area contributed by atoms with Crippen LogP contribution in [0.3, 0.4) is 0 Å². The Morgan fingerprint density at radius 2 is 2.08 bits per heavy atom. The van der Waals surface area contributed by atoms with Crippen LogP contribution in [0.4, 0.5) is 10.5 Å². The molecular weight excluding hydrogens is 316 g/mol. The fraction of sp³-hybridized carbons (Fsp3) is 0.500. The largest absolute Gasteiger partial charge is 0.366 e. The van der Waals surface area contributed by atoms with Gasteiger partial charge in [0.05, 0.1) is 6.54 Å². The van der Waals surface area contributed by atoms with Gasteiger partial charge in [0, 0.05) is 37.8 Å². The minimum Gasteiger partial charge on any atom is -0.366 e. The predicted molar refractivity (Wildman–Crippen MR) is 95.5 cm³/mol. The van der Waals surface area contributed by atoms with Crippen LogP contribution >= 0.6 is 0 Å². The van der Waals surface area contributed by atoms with Crippen molar-refractivity contribution in [3.05, 3.63) is 41.5 Å². The number of benzene rings is 1. The number of carbonyl (C=O) groups is 1. The molecule has 7 heteroatoms. The molecule has 25 heavy (non-hydrogen) atoms. The van der Waals surface area contributed by atoms with Gasteiger partial charge in [0.25, 0.3) is 0 Å². The molecule has 0 saturated carbocycles. The lowest BCUT2D eigenvalue weighted by atomic mass is 10.2. The zero-order chi connectivity index (χ0) is 17.2. The Morgan fingerprint density at radius 3 is 3.00 bits per heavy atom. The Morgan fingerprint density at radius 1 is 1.20 bits per heavy atom. The van der Waals surface area contributed by atoms with Crippen LogP contribution in [0, 0.1) is 0 Å². The summed E-state index contributed by atoms with van der Waals surface area (Å²) in [6.45, 7) is 5.13. The van der Waals surface area contributed by atoms with Crippen molar-refractivity contribution in [2.45, 2.75) is 45.3 Å². The van der Waals surface area contributed by atoms with Gasteiger partial charge in [-0.05, 0) is 31.4 Å². The molecule has 1 aromatic heterocycles. The van der Waals surface area contributed by atoms with Gasteiger partial charge < -0.3 is 20.1 Å². The molecule has 4 rings (SSSR count). The standard InChI is InChI=1S/C18H24N6O/c1-13(23-10-8-14-5-2-3-6-15(14)23)11-19-18(25)20-12-17-22-21-16-7-4-9-24(16)17/h2-3,5-6,13H,4,7-12H2,1H3,(H2,19,20,25)/t13-/m1/s1. The number of anilines is 1. The molecule has 2 amide bonds. The number of amides is 2. The molecule has 1 aromatic carbocycles. The van der Waals surface area contributed by atoms with Gasteiger partial charge in [0.2, 0.25) is 0 Å². The highest BCUT2D eigenvalue weighted by Crippen LogP contribution is 2.28. The van der Waals surface area contributed by atoms with E-state index in [0.717, 1.165) is 44.0 Å². The third-order valence-corrected chi connectivity index (χ3v) is 5.11. The maximum Gasteiger partial charge on any atom is 0.315 e. The number of fused-ring (bicyclic) bond motifs is 2. The third-order valence-electron chi connectivity index (χ3n) is 5.11. The molecule has 0 unspecified atom stereocenters. The van der Waals surface area contributed by atoms with E-state index in [-0.39, 0.29) is 12.1 Å². The van der Waals surface area contributed by atoms with Gasteiger partial charge in [0.1, 0.15) is 5.82 Å². The second-order valence-corrected chi connectivity index (χ2v) is 6.77. The molecule has 0 fully saturated rings. The third kappa shape index (κ3) is 3.18. The molecule has 1 atom stereocenters. The van der Waals surface area contributed by atoms with Gasteiger partial charge in [0.15, 0.2) is 5.82 Å². The fourth-order valence-corrected chi connectivity index (χ4v) is 3.74. The van der Waals surface area contributed by atoms with Crippen molar-refractivity contribution in [2.75, 3.05) is 18.0 Å². The molecule has 0 spiro atoms. The van der Waals surface area contributed by atoms with E-state index in [1.807, 2.05) is 0 Å². The van der Waals surface area contributed by atoms with Gasteiger partial charge in [-0.25, -0.2) is 4.79 Å². The van der Waals surface area contributed by atoms with Gasteiger partial charge >= 0.3 is 6.03 Å². The average Bonchev–Trinajstić information content (AvgIpc) is 3.33. The van der Waals surface area contributed by atoms with E-state index in [0.29, 0.717) is 13.1 Å². The van der Waals surface area contributed by atoms with Crippen LogP contribution < -0.4 is 15.5 Å². The first-order valence-corrected chi connectivity index (χ1v) is 8.99. The highest BCUT2D eigenvalue weighted by atomic mass is 16.2. The van der Waals surface area contributed by atoms with E-state index >= 15 is 0 Å². The van der Waals surface area contributed by atoms with Crippen LogP contribution in [0.15, 0.2) is 24.3 Å². The number of aromatic nitrogens is 3. The van der Waals surface area contributed by atoms with Crippen molar-refractivity contribution < 1.29 is 4.79 Å². The van der Waals surface area contributed by atoms with Crippen LogP contribution in [0.5, 0.6) is 0 Å². The first-order valence-electron chi connectivity index (χ1n) is 8.99. The van der Waals surface area contributed by atoms with E-state index in [1.54, 1.807) is 0 Å². The second kappa shape index (κ2) is 6.74. The summed E-state index contributed by atoms with van der Waals surface area (Å²) < 4.78 is 2.10. The summed E-state index contributed by atoms with van der Waals surface area (Å²) in [7, 11) is 0. The Kier molecular flexibility index (Phi) is 4.29. The van der Waals surface area contributed by atoms with Crippen LogP contribution in [-0.4, -0.2) is 39.9 Å². The molecule has 3 heterocycles. The number of rotatable bonds is 5. The van der Waals surface area contributed by atoms with E-state index in [2.05, 4.69) is 61.5 Å². The average molecular weight is 340 g/mol. The van der Waals surface area contributed by atoms with Gasteiger partial charge in [-0.3, -0.25) is 0 Å². The lowest BCUT2D eigenvalue weighted by Gasteiger charge is -2.27. The Balaban J connectivity index is 1.26. The summed E-state index contributed by atoms with van der Waals surface area (Å²) in [5, 5.41) is 14.2. The molecular formula is C18H24N6O. The summed E-state index contributed by atoms with van der Waals surface area (Å²) in [6.07, 6.45) is 3.16. The quantitative estimate of drug-likeness (QED) is 0.864. The Bertz CT molecular complexity index is 771. The zero-order valence-corrected chi connectivity index (χ0v) is 14.5. The second-order valence-electron chi connectivity index (χ2n) is 6.77. The van der Waals surface area contributed by atoms with Crippen LogP contribution in [0.2, 0.25) is 0 Å². The Labute approximate surface area is 147 Å². The summed E-state index contributed by atoms with van der Waals surface area (Å²) >= 11 is 0. The van der Waals surface area contributed by atoms with Gasteiger partial charge in [-0.2, -0.15) is 0 Å². The summed E-state index contributed by atoms with van der Waals surface area (Å²) in [5.41, 5.74) is 2.68. The number of urea groups is 1. The van der Waals surface area contributed by atoms with Crippen LogP contribution in [0.1, 0.15) is 30.6 Å². The summed E-state index contributed by atoms with van der Waals surface area (Å²) in [5.74, 6) is 1.86. The minimum atomic E-state index is -0.158. The molecule has 0 radical (unpaired) electrons. The number of carbonyl (C=O) groups excluding carboxylic acids is 1. The van der Waals surface area contributed by atoms with Gasteiger partial charge in [-0.15, -0.1) is 10.2 Å². The molecule has 2 aliphatic heterocycles. The predicted octanol–water partition coefficient (Wildman–Crippen LogP) is 1.47. The lowest BCUT2D eigenvalue weighted by Crippen LogP contribution is -2.44. The van der Waals surface area contributed by atoms with Crippen LogP contribution in [-0.2, 0) is 25.9 Å². The topological polar surface area (TPSA) is 75.1 Å². The van der Waals surface area contributed by atoms with Crippen molar-refractivity contribution in [1.29, 1.82) is 0 Å². The monoisotopic (exact) mass is 340 g/mol. The Hall–Kier alpha value is -2.57. The number of hydrogen-bond donors (Lipinski definition) is 2. The van der Waals surface area contributed by atoms with E-state index in [4.69, 9.17) is 0 Å². The van der Waals surface area contributed by atoms with Gasteiger partial charge in [-0.1, -0.05) is 18.2 Å². The van der Waals surface area contributed by atoms with E-state index in [9.17, 15) is 4.79 Å². The van der Waals surface area contributed by atoms with Crippen molar-refractivity contribution >= 4 is 11.7 Å². The maximum atomic E-state index is 12.1.